The van der Waals surface area contributed by atoms with Gasteiger partial charge in [-0.25, -0.2) is 0 Å². The molecule has 0 saturated heterocycles. The molecule has 4 nitrogen and oxygen atoms in total. The van der Waals surface area contributed by atoms with Crippen molar-refractivity contribution in [3.05, 3.63) is 188 Å². The fraction of sp³-hybridized carbons (Fsp3) is 0. The molecule has 4 heteroatoms. The number of para-hydroxylation sites is 4. The Morgan fingerprint density at radius 3 is 1.75 bits per heavy atom. The predicted octanol–water partition coefficient (Wildman–Crippen LogP) is 15.3. The summed E-state index contributed by atoms with van der Waals surface area (Å²) >= 11 is 0. The van der Waals surface area contributed by atoms with Gasteiger partial charge >= 0.3 is 0 Å². The van der Waals surface area contributed by atoms with E-state index in [1.807, 2.05) is 24.3 Å². The van der Waals surface area contributed by atoms with Crippen molar-refractivity contribution in [2.75, 3.05) is 4.90 Å². The summed E-state index contributed by atoms with van der Waals surface area (Å²) in [7, 11) is 0. The lowest BCUT2D eigenvalue weighted by atomic mass is 9.95. The second kappa shape index (κ2) is 12.0. The Hall–Kier alpha value is -7.56. The minimum atomic E-state index is 0.842. The second-order valence-corrected chi connectivity index (χ2v) is 14.4. The van der Waals surface area contributed by atoms with Crippen LogP contribution in [0.4, 0.5) is 17.1 Å². The standard InChI is InChI=1S/C52H31NO3/c1-2-13-34-31-49-42(30-33(34)12-1)50-39(18-10-24-47(50)55-49)37-14-3-6-20-43(37)53(44-21-11-25-48-51(44)41-16-5-8-23-46(41)54-48)35-28-26-32(27-29-35)36-17-9-19-40-38-15-4-7-22-45(38)56-52(36)40/h1-31H. The van der Waals surface area contributed by atoms with E-state index in [9.17, 15) is 0 Å². The van der Waals surface area contributed by atoms with E-state index in [0.717, 1.165) is 111 Å². The van der Waals surface area contributed by atoms with Crippen LogP contribution in [0.15, 0.2) is 201 Å². The molecule has 9 aromatic carbocycles. The van der Waals surface area contributed by atoms with Crippen LogP contribution in [0.1, 0.15) is 0 Å². The summed E-state index contributed by atoms with van der Waals surface area (Å²) in [4.78, 5) is 2.38. The molecule has 0 radical (unpaired) electrons. The molecule has 0 amide bonds. The number of furan rings is 3. The number of hydrogen-bond acceptors (Lipinski definition) is 4. The third-order valence-electron chi connectivity index (χ3n) is 11.3. The van der Waals surface area contributed by atoms with Crippen molar-refractivity contribution >= 4 is 93.7 Å². The molecule has 0 fully saturated rings. The normalized spacial score (nSPS) is 11.9. The van der Waals surface area contributed by atoms with E-state index in [2.05, 4.69) is 169 Å². The lowest BCUT2D eigenvalue weighted by molar-refractivity contribution is 0.668. The lowest BCUT2D eigenvalue weighted by Crippen LogP contribution is -2.11. The Morgan fingerprint density at radius 2 is 0.893 bits per heavy atom. The number of hydrogen-bond donors (Lipinski definition) is 0. The topological polar surface area (TPSA) is 42.7 Å². The molecule has 0 aliphatic rings. The number of benzene rings is 9. The van der Waals surface area contributed by atoms with E-state index in [4.69, 9.17) is 13.3 Å². The highest BCUT2D eigenvalue weighted by atomic mass is 16.3. The molecule has 0 saturated carbocycles. The molecule has 12 aromatic rings. The van der Waals surface area contributed by atoms with Gasteiger partial charge in [-0.2, -0.15) is 0 Å². The number of anilines is 3. The van der Waals surface area contributed by atoms with Crippen LogP contribution in [0.3, 0.4) is 0 Å². The van der Waals surface area contributed by atoms with Gasteiger partial charge in [0, 0.05) is 43.7 Å². The molecule has 262 valence electrons. The Bertz CT molecular complexity index is 3490. The molecule has 0 atom stereocenters. The van der Waals surface area contributed by atoms with Crippen LogP contribution in [0.25, 0.3) is 98.8 Å². The van der Waals surface area contributed by atoms with Gasteiger partial charge in [0.15, 0.2) is 0 Å². The van der Waals surface area contributed by atoms with Gasteiger partial charge in [0.25, 0.3) is 0 Å². The highest BCUT2D eigenvalue weighted by Gasteiger charge is 2.24. The van der Waals surface area contributed by atoms with Gasteiger partial charge in [0.1, 0.15) is 33.5 Å². The van der Waals surface area contributed by atoms with Crippen LogP contribution in [-0.4, -0.2) is 0 Å². The van der Waals surface area contributed by atoms with Crippen molar-refractivity contribution < 1.29 is 13.3 Å². The first-order valence-electron chi connectivity index (χ1n) is 18.9. The maximum absolute atomic E-state index is 6.56. The molecule has 0 unspecified atom stereocenters. The van der Waals surface area contributed by atoms with Gasteiger partial charge in [-0.05, 0) is 82.6 Å². The molecule has 0 bridgehead atoms. The average Bonchev–Trinajstić information content (AvgIpc) is 3.95. The first kappa shape index (κ1) is 30.9. The highest BCUT2D eigenvalue weighted by molar-refractivity contribution is 6.18. The van der Waals surface area contributed by atoms with Crippen LogP contribution in [-0.2, 0) is 0 Å². The summed E-state index contributed by atoms with van der Waals surface area (Å²) in [6, 6.07) is 66.1. The van der Waals surface area contributed by atoms with Crippen molar-refractivity contribution in [3.8, 4) is 22.3 Å². The third-order valence-corrected chi connectivity index (χ3v) is 11.3. The average molecular weight is 718 g/mol. The van der Waals surface area contributed by atoms with E-state index in [1.165, 1.54) is 5.39 Å². The van der Waals surface area contributed by atoms with E-state index < -0.39 is 0 Å². The number of nitrogens with zero attached hydrogens (tertiary/aromatic N) is 1. The van der Waals surface area contributed by atoms with Gasteiger partial charge < -0.3 is 18.2 Å². The SMILES string of the molecule is c1ccc(N(c2ccc(-c3cccc4c3oc3ccccc34)cc2)c2cccc3oc4ccccc4c23)c(-c2cccc3oc4cc5ccccc5cc4c23)c1. The monoisotopic (exact) mass is 717 g/mol. The molecule has 56 heavy (non-hydrogen) atoms. The maximum Gasteiger partial charge on any atom is 0.143 e. The molecule has 12 rings (SSSR count). The van der Waals surface area contributed by atoms with Gasteiger partial charge in [0.05, 0.1) is 16.8 Å². The van der Waals surface area contributed by atoms with Crippen LogP contribution >= 0.6 is 0 Å². The first-order valence-corrected chi connectivity index (χ1v) is 18.9. The molecule has 0 N–H and O–H groups in total. The van der Waals surface area contributed by atoms with Crippen molar-refractivity contribution in [1.29, 1.82) is 0 Å². The van der Waals surface area contributed by atoms with Gasteiger partial charge in [-0.15, -0.1) is 0 Å². The van der Waals surface area contributed by atoms with Crippen LogP contribution in [0, 0.1) is 0 Å². The molecule has 0 spiro atoms. The fourth-order valence-corrected chi connectivity index (χ4v) is 8.75. The lowest BCUT2D eigenvalue weighted by Gasteiger charge is -2.29. The van der Waals surface area contributed by atoms with E-state index >= 15 is 0 Å². The molecule has 3 aromatic heterocycles. The third kappa shape index (κ3) is 4.60. The van der Waals surface area contributed by atoms with Crippen LogP contribution in [0.2, 0.25) is 0 Å². The summed E-state index contributed by atoms with van der Waals surface area (Å²) in [5.41, 5.74) is 12.7. The smallest absolute Gasteiger partial charge is 0.143 e. The van der Waals surface area contributed by atoms with Crippen molar-refractivity contribution in [2.24, 2.45) is 0 Å². The fourth-order valence-electron chi connectivity index (χ4n) is 8.75. The van der Waals surface area contributed by atoms with Gasteiger partial charge in [0.2, 0.25) is 0 Å². The van der Waals surface area contributed by atoms with Gasteiger partial charge in [-0.3, -0.25) is 0 Å². The summed E-state index contributed by atoms with van der Waals surface area (Å²) < 4.78 is 19.5. The largest absolute Gasteiger partial charge is 0.456 e. The molecular formula is C52H31NO3. The zero-order chi connectivity index (χ0) is 36.7. The van der Waals surface area contributed by atoms with Gasteiger partial charge in [-0.1, -0.05) is 127 Å². The predicted molar refractivity (Wildman–Crippen MR) is 231 cm³/mol. The number of rotatable bonds is 5. The van der Waals surface area contributed by atoms with E-state index in [-0.39, 0.29) is 0 Å². The van der Waals surface area contributed by atoms with E-state index in [1.54, 1.807) is 0 Å². The molecule has 3 heterocycles. The van der Waals surface area contributed by atoms with Crippen LogP contribution in [0.5, 0.6) is 0 Å². The summed E-state index contributed by atoms with van der Waals surface area (Å²) in [6.07, 6.45) is 0. The Balaban J connectivity index is 1.10. The first-order chi connectivity index (χ1) is 27.8. The van der Waals surface area contributed by atoms with E-state index in [0.29, 0.717) is 0 Å². The Morgan fingerprint density at radius 1 is 0.321 bits per heavy atom. The summed E-state index contributed by atoms with van der Waals surface area (Å²) in [5, 5.41) is 8.92. The maximum atomic E-state index is 6.56. The Kier molecular flexibility index (Phi) is 6.60. The number of fused-ring (bicyclic) bond motifs is 10. The van der Waals surface area contributed by atoms with Crippen molar-refractivity contribution in [1.82, 2.24) is 0 Å². The minimum absolute atomic E-state index is 0.842. The van der Waals surface area contributed by atoms with Crippen LogP contribution < -0.4 is 4.90 Å². The highest BCUT2D eigenvalue weighted by Crippen LogP contribution is 2.48. The van der Waals surface area contributed by atoms with Crippen molar-refractivity contribution in [2.45, 2.75) is 0 Å². The second-order valence-electron chi connectivity index (χ2n) is 14.4. The van der Waals surface area contributed by atoms with Crippen molar-refractivity contribution in [3.63, 3.8) is 0 Å². The zero-order valence-electron chi connectivity index (χ0n) is 30.1. The molecule has 0 aliphatic carbocycles. The molecule has 0 aliphatic heterocycles. The minimum Gasteiger partial charge on any atom is -0.456 e. The summed E-state index contributed by atoms with van der Waals surface area (Å²) in [6.45, 7) is 0. The zero-order valence-corrected chi connectivity index (χ0v) is 30.1. The molecular weight excluding hydrogens is 687 g/mol. The Labute approximate surface area is 321 Å². The quantitative estimate of drug-likeness (QED) is 0.178. The summed E-state index contributed by atoms with van der Waals surface area (Å²) in [5.74, 6) is 0.